The summed E-state index contributed by atoms with van der Waals surface area (Å²) in [5, 5.41) is 4.30. The van der Waals surface area contributed by atoms with Crippen molar-refractivity contribution in [2.45, 2.75) is 26.9 Å². The van der Waals surface area contributed by atoms with E-state index >= 15 is 0 Å². The molecule has 0 fully saturated rings. The molecule has 2 aromatic rings. The summed E-state index contributed by atoms with van der Waals surface area (Å²) in [5.41, 5.74) is 1.36. The summed E-state index contributed by atoms with van der Waals surface area (Å²) >= 11 is 6.04. The number of nitrogens with zero attached hydrogens (tertiary/aromatic N) is 2. The van der Waals surface area contributed by atoms with Crippen molar-refractivity contribution in [3.63, 3.8) is 0 Å². The average molecular weight is 283 g/mol. The van der Waals surface area contributed by atoms with Gasteiger partial charge in [-0.1, -0.05) is 29.7 Å². The fourth-order valence-electron chi connectivity index (χ4n) is 1.90. The fourth-order valence-corrected chi connectivity index (χ4v) is 2.12. The van der Waals surface area contributed by atoms with E-state index in [0.717, 1.165) is 18.0 Å². The Labute approximate surface area is 117 Å². The molecular weight excluding hydrogens is 267 g/mol. The van der Waals surface area contributed by atoms with Gasteiger partial charge in [0.2, 0.25) is 0 Å². The summed E-state index contributed by atoms with van der Waals surface area (Å²) in [4.78, 5) is 2.05. The number of halogens is 2. The topological polar surface area (TPSA) is 29.3 Å². The van der Waals surface area contributed by atoms with Gasteiger partial charge in [0, 0.05) is 23.2 Å². The van der Waals surface area contributed by atoms with Crippen molar-refractivity contribution in [3.05, 3.63) is 52.1 Å². The Kier molecular flexibility index (Phi) is 4.56. The summed E-state index contributed by atoms with van der Waals surface area (Å²) in [6.45, 7) is 5.68. The van der Waals surface area contributed by atoms with Gasteiger partial charge in [0.05, 0.1) is 12.2 Å². The first kappa shape index (κ1) is 14.0. The van der Waals surface area contributed by atoms with E-state index in [1.165, 1.54) is 6.07 Å². The van der Waals surface area contributed by atoms with Crippen molar-refractivity contribution in [2.24, 2.45) is 0 Å². The molecule has 3 nitrogen and oxygen atoms in total. The second-order valence-electron chi connectivity index (χ2n) is 4.44. The largest absolute Gasteiger partial charge is 0.360 e. The molecular formula is C14H16ClFN2O. The van der Waals surface area contributed by atoms with Gasteiger partial charge in [-0.3, -0.25) is 4.90 Å². The summed E-state index contributed by atoms with van der Waals surface area (Å²) in [5.74, 6) is 0.492. The Morgan fingerprint density at radius 1 is 1.37 bits per heavy atom. The number of rotatable bonds is 5. The Balaban J connectivity index is 2.11. The molecule has 5 heteroatoms. The van der Waals surface area contributed by atoms with Gasteiger partial charge in [-0.2, -0.15) is 0 Å². The van der Waals surface area contributed by atoms with Crippen LogP contribution >= 0.6 is 11.6 Å². The summed E-state index contributed by atoms with van der Waals surface area (Å²) in [6.07, 6.45) is 0. The lowest BCUT2D eigenvalue weighted by molar-refractivity contribution is 0.231. The Bertz CT molecular complexity index is 536. The third-order valence-electron chi connectivity index (χ3n) is 2.95. The van der Waals surface area contributed by atoms with Gasteiger partial charge in [0.1, 0.15) is 5.82 Å². The third kappa shape index (κ3) is 3.55. The van der Waals surface area contributed by atoms with Crippen molar-refractivity contribution in [2.75, 3.05) is 6.54 Å². The van der Waals surface area contributed by atoms with Crippen LogP contribution in [0.1, 0.15) is 23.9 Å². The van der Waals surface area contributed by atoms with E-state index in [2.05, 4.69) is 5.16 Å². The third-order valence-corrected chi connectivity index (χ3v) is 3.30. The highest BCUT2D eigenvalue weighted by molar-refractivity contribution is 6.31. The maximum Gasteiger partial charge on any atom is 0.150 e. The van der Waals surface area contributed by atoms with Crippen LogP contribution in [-0.2, 0) is 13.1 Å². The number of aromatic nitrogens is 1. The second kappa shape index (κ2) is 6.17. The zero-order chi connectivity index (χ0) is 13.8. The van der Waals surface area contributed by atoms with Crippen LogP contribution in [0.5, 0.6) is 0 Å². The lowest BCUT2D eigenvalue weighted by Crippen LogP contribution is -2.22. The summed E-state index contributed by atoms with van der Waals surface area (Å²) < 4.78 is 18.9. The van der Waals surface area contributed by atoms with Gasteiger partial charge in [-0.05, 0) is 25.6 Å². The molecule has 0 spiro atoms. The molecule has 1 aromatic heterocycles. The summed E-state index contributed by atoms with van der Waals surface area (Å²) in [6, 6.07) is 6.61. The van der Waals surface area contributed by atoms with E-state index in [1.807, 2.05) is 24.8 Å². The van der Waals surface area contributed by atoms with Crippen LogP contribution in [0.25, 0.3) is 0 Å². The quantitative estimate of drug-likeness (QED) is 0.835. The highest BCUT2D eigenvalue weighted by Crippen LogP contribution is 2.21. The predicted molar refractivity (Wildman–Crippen MR) is 72.4 cm³/mol. The number of aryl methyl sites for hydroxylation is 1. The average Bonchev–Trinajstić information content (AvgIpc) is 2.78. The van der Waals surface area contributed by atoms with E-state index in [-0.39, 0.29) is 5.82 Å². The van der Waals surface area contributed by atoms with Crippen molar-refractivity contribution >= 4 is 11.6 Å². The van der Waals surface area contributed by atoms with E-state index in [9.17, 15) is 4.39 Å². The fraction of sp³-hybridized carbons (Fsp3) is 0.357. The van der Waals surface area contributed by atoms with E-state index in [0.29, 0.717) is 23.7 Å². The molecule has 0 saturated heterocycles. The molecule has 2 rings (SSSR count). The first-order valence-corrected chi connectivity index (χ1v) is 6.55. The first-order chi connectivity index (χ1) is 9.10. The summed E-state index contributed by atoms with van der Waals surface area (Å²) in [7, 11) is 0. The Morgan fingerprint density at radius 2 is 2.16 bits per heavy atom. The molecule has 1 aromatic carbocycles. The van der Waals surface area contributed by atoms with Gasteiger partial charge in [0.25, 0.3) is 0 Å². The maximum absolute atomic E-state index is 13.7. The highest BCUT2D eigenvalue weighted by atomic mass is 35.5. The van der Waals surface area contributed by atoms with Crippen LogP contribution < -0.4 is 0 Å². The Morgan fingerprint density at radius 3 is 2.74 bits per heavy atom. The molecule has 0 saturated carbocycles. The maximum atomic E-state index is 13.7. The van der Waals surface area contributed by atoms with Gasteiger partial charge in [-0.15, -0.1) is 0 Å². The molecule has 102 valence electrons. The van der Waals surface area contributed by atoms with Crippen molar-refractivity contribution in [1.29, 1.82) is 0 Å². The molecule has 0 aliphatic heterocycles. The Hall–Kier alpha value is -1.39. The van der Waals surface area contributed by atoms with Crippen molar-refractivity contribution in [1.82, 2.24) is 10.1 Å². The zero-order valence-electron chi connectivity index (χ0n) is 11.0. The van der Waals surface area contributed by atoms with Crippen LogP contribution in [0, 0.1) is 12.7 Å². The lowest BCUT2D eigenvalue weighted by Gasteiger charge is -2.19. The molecule has 0 bridgehead atoms. The first-order valence-electron chi connectivity index (χ1n) is 6.17. The number of hydrogen-bond acceptors (Lipinski definition) is 3. The zero-order valence-corrected chi connectivity index (χ0v) is 11.7. The molecule has 0 aliphatic rings. The SMILES string of the molecule is CCN(Cc1cc(C)no1)Cc1c(F)cccc1Cl. The lowest BCUT2D eigenvalue weighted by atomic mass is 10.2. The van der Waals surface area contributed by atoms with Crippen LogP contribution in [0.3, 0.4) is 0 Å². The van der Waals surface area contributed by atoms with E-state index < -0.39 is 0 Å². The minimum absolute atomic E-state index is 0.278. The minimum atomic E-state index is -0.278. The number of benzene rings is 1. The molecule has 19 heavy (non-hydrogen) atoms. The molecule has 0 atom stereocenters. The van der Waals surface area contributed by atoms with Crippen LogP contribution in [0.15, 0.2) is 28.8 Å². The van der Waals surface area contributed by atoms with Crippen LogP contribution in [0.2, 0.25) is 5.02 Å². The molecule has 0 amide bonds. The van der Waals surface area contributed by atoms with Crippen molar-refractivity contribution < 1.29 is 8.91 Å². The van der Waals surface area contributed by atoms with E-state index in [1.54, 1.807) is 12.1 Å². The second-order valence-corrected chi connectivity index (χ2v) is 4.85. The minimum Gasteiger partial charge on any atom is -0.360 e. The van der Waals surface area contributed by atoms with Gasteiger partial charge in [-0.25, -0.2) is 4.39 Å². The van der Waals surface area contributed by atoms with E-state index in [4.69, 9.17) is 16.1 Å². The molecule has 0 radical (unpaired) electrons. The molecule has 0 aliphatic carbocycles. The monoisotopic (exact) mass is 282 g/mol. The van der Waals surface area contributed by atoms with Crippen molar-refractivity contribution in [3.8, 4) is 0 Å². The van der Waals surface area contributed by atoms with Crippen LogP contribution in [-0.4, -0.2) is 16.6 Å². The van der Waals surface area contributed by atoms with Gasteiger partial charge < -0.3 is 4.52 Å². The highest BCUT2D eigenvalue weighted by Gasteiger charge is 2.13. The molecule has 1 heterocycles. The molecule has 0 N–H and O–H groups in total. The smallest absolute Gasteiger partial charge is 0.150 e. The van der Waals surface area contributed by atoms with Gasteiger partial charge >= 0.3 is 0 Å². The normalized spacial score (nSPS) is 11.2. The van der Waals surface area contributed by atoms with Gasteiger partial charge in [0.15, 0.2) is 5.76 Å². The number of hydrogen-bond donors (Lipinski definition) is 0. The van der Waals surface area contributed by atoms with Crippen LogP contribution in [0.4, 0.5) is 4.39 Å². The standard InChI is InChI=1S/C14H16ClFN2O/c1-3-18(8-11-7-10(2)17-19-11)9-12-13(15)5-4-6-14(12)16/h4-7H,3,8-9H2,1-2H3. The predicted octanol–water partition coefficient (Wildman–Crippen LogP) is 3.80. The molecule has 0 unspecified atom stereocenters.